The van der Waals surface area contributed by atoms with Crippen LogP contribution in [0.15, 0.2) is 117 Å². The van der Waals surface area contributed by atoms with Gasteiger partial charge >= 0.3 is 0 Å². The number of rotatable bonds is 2. The first-order valence-electron chi connectivity index (χ1n) is 23.7. The first-order chi connectivity index (χ1) is 37.1. The molecule has 0 saturated carbocycles. The molecule has 0 aliphatic rings. The number of hydrogen-bond donors (Lipinski definition) is 0. The zero-order chi connectivity index (χ0) is 50.3. The van der Waals surface area contributed by atoms with Crippen LogP contribution in [0.3, 0.4) is 0 Å². The van der Waals surface area contributed by atoms with Crippen molar-refractivity contribution in [3.05, 3.63) is 140 Å². The molecule has 76 heavy (non-hydrogen) atoms. The number of fused-ring (bicyclic) bond motifs is 27. The lowest BCUT2D eigenvalue weighted by atomic mass is 10.2. The predicted molar refractivity (Wildman–Crippen MR) is 353 cm³/mol. The summed E-state index contributed by atoms with van der Waals surface area (Å²) < 4.78 is 65.4. The molecule has 0 amide bonds. The first-order valence-corrected chi connectivity index (χ1v) is 35.1. The van der Waals surface area contributed by atoms with Gasteiger partial charge in [-0.05, 0) is 131 Å². The van der Waals surface area contributed by atoms with Gasteiger partial charge in [-0.3, -0.25) is 0 Å². The minimum Gasteiger partial charge on any atom is -0.307 e. The highest BCUT2D eigenvalue weighted by atomic mass is 79.9. The minimum atomic E-state index is -0.221. The maximum Gasteiger partial charge on any atom is 0.125 e. The van der Waals surface area contributed by atoms with Gasteiger partial charge in [-0.15, -0.1) is 136 Å². The van der Waals surface area contributed by atoms with Crippen LogP contribution in [0.5, 0.6) is 0 Å². The van der Waals surface area contributed by atoms with Crippen LogP contribution in [0.1, 0.15) is 11.1 Å². The van der Waals surface area contributed by atoms with Gasteiger partial charge in [0.25, 0.3) is 0 Å². The molecule has 366 valence electrons. The van der Waals surface area contributed by atoms with E-state index in [1.807, 2.05) is 137 Å². The van der Waals surface area contributed by atoms with Gasteiger partial charge in [0, 0.05) is 56.4 Å². The van der Waals surface area contributed by atoms with E-state index >= 15 is 0 Å². The molecular formula is C58H24Br2F2N2S12. The summed E-state index contributed by atoms with van der Waals surface area (Å²) in [5.41, 5.74) is 9.63. The van der Waals surface area contributed by atoms with Crippen molar-refractivity contribution in [3.63, 3.8) is 0 Å². The third-order valence-corrected chi connectivity index (χ3v) is 31.4. The van der Waals surface area contributed by atoms with Gasteiger partial charge in [0.1, 0.15) is 11.6 Å². The van der Waals surface area contributed by atoms with Crippen molar-refractivity contribution in [1.82, 2.24) is 9.13 Å². The van der Waals surface area contributed by atoms with Crippen LogP contribution in [0.4, 0.5) is 8.78 Å². The van der Waals surface area contributed by atoms with E-state index in [0.29, 0.717) is 0 Å². The van der Waals surface area contributed by atoms with Crippen molar-refractivity contribution < 1.29 is 8.78 Å². The van der Waals surface area contributed by atoms with Gasteiger partial charge in [0.15, 0.2) is 0 Å². The van der Waals surface area contributed by atoms with Gasteiger partial charge in [0.2, 0.25) is 0 Å². The second kappa shape index (κ2) is 16.2. The topological polar surface area (TPSA) is 9.86 Å². The zero-order valence-corrected chi connectivity index (χ0v) is 51.7. The fourth-order valence-electron chi connectivity index (χ4n) is 11.1. The van der Waals surface area contributed by atoms with Crippen LogP contribution < -0.4 is 0 Å². The summed E-state index contributed by atoms with van der Waals surface area (Å²) in [4.78, 5) is 0. The standard InChI is InChI=1S/C33H15F2NS5.C25H9Br2NS7/c1-14-2-6-17(7-3-14)36-22-10-15(34)4-8-18(22)27-26(36)31-29(40-27)20-12-25-21(13-24(20)37-31)30-33(39-25)32-28(41-30)19-9-5-16(35)11-23(19)38-32;1-8-2-4-9(5-3-8)28-14-16-10(6-12(26)31-16)29-18(14)19-15(28)20-22(33-19)24-25(34-20)23-21(35-24)17-11(30-23)7-13(27)32-17/h2-13H,1H3;2-7H,1H3. The fraction of sp³-hybridized carbons (Fsp3) is 0.0345. The Morgan fingerprint density at radius 3 is 1.39 bits per heavy atom. The summed E-state index contributed by atoms with van der Waals surface area (Å²) in [5, 5.41) is 4.82. The van der Waals surface area contributed by atoms with Gasteiger partial charge in [-0.25, -0.2) is 8.78 Å². The number of aryl methyl sites for hydroxylation is 2. The van der Waals surface area contributed by atoms with Crippen molar-refractivity contribution in [2.24, 2.45) is 0 Å². The number of benzene rings is 5. The Bertz CT molecular complexity index is 5740. The van der Waals surface area contributed by atoms with Crippen LogP contribution in [-0.4, -0.2) is 9.13 Å². The number of thiophene rings is 12. The van der Waals surface area contributed by atoms with Gasteiger partial charge in [0.05, 0.1) is 110 Å². The molecule has 0 unspecified atom stereocenters. The Hall–Kier alpha value is -4.22. The van der Waals surface area contributed by atoms with Crippen LogP contribution in [0, 0.1) is 25.5 Å². The fourth-order valence-corrected chi connectivity index (χ4v) is 29.6. The Morgan fingerprint density at radius 2 is 0.697 bits per heavy atom. The quantitative estimate of drug-likeness (QED) is 0.163. The largest absolute Gasteiger partial charge is 0.307 e. The summed E-state index contributed by atoms with van der Waals surface area (Å²) in [6.45, 7) is 4.25. The number of nitrogens with zero attached hydrogens (tertiary/aromatic N) is 2. The molecule has 0 atom stereocenters. The molecule has 0 saturated heterocycles. The van der Waals surface area contributed by atoms with Gasteiger partial charge in [-0.2, -0.15) is 0 Å². The average molecular weight is 1330 g/mol. The number of aromatic nitrogens is 2. The molecule has 0 spiro atoms. The lowest BCUT2D eigenvalue weighted by molar-refractivity contribution is 0.629. The molecule has 0 N–H and O–H groups in total. The van der Waals surface area contributed by atoms with Gasteiger partial charge in [-0.1, -0.05) is 35.4 Å². The highest BCUT2D eigenvalue weighted by molar-refractivity contribution is 9.11. The normalized spacial score (nSPS) is 12.9. The smallest absolute Gasteiger partial charge is 0.125 e. The van der Waals surface area contributed by atoms with E-state index in [4.69, 9.17) is 0 Å². The summed E-state index contributed by atoms with van der Waals surface area (Å²) in [6.07, 6.45) is 0. The third-order valence-electron chi connectivity index (χ3n) is 14.4. The molecule has 14 aromatic heterocycles. The van der Waals surface area contributed by atoms with E-state index in [1.54, 1.807) is 35.6 Å². The van der Waals surface area contributed by atoms with Crippen molar-refractivity contribution in [2.75, 3.05) is 0 Å². The van der Waals surface area contributed by atoms with Crippen LogP contribution in [0.25, 0.3) is 158 Å². The van der Waals surface area contributed by atoms with E-state index in [1.165, 1.54) is 150 Å². The molecular weight excluding hydrogens is 1310 g/mol. The average Bonchev–Trinajstić information content (AvgIpc) is 4.44. The SMILES string of the molecule is Cc1ccc(-n2c3c4sc(Br)cc4sc3c3sc4c5sc6c7sc(Br)cc7sc6c5sc4c32)cc1.Cc1ccc(-n2c3cc(F)ccc3c3sc4c5cc6sc7c(sc8c9ccc(F)cc9sc87)c6cc5sc4c32)cc1. The van der Waals surface area contributed by atoms with E-state index in [-0.39, 0.29) is 11.6 Å². The predicted octanol–water partition coefficient (Wildman–Crippen LogP) is 25.4. The minimum absolute atomic E-state index is 0.181. The lowest BCUT2D eigenvalue weighted by Crippen LogP contribution is -1.93. The molecule has 14 heterocycles. The molecule has 2 nitrogen and oxygen atoms in total. The molecule has 0 radical (unpaired) electrons. The van der Waals surface area contributed by atoms with Crippen molar-refractivity contribution >= 4 is 315 Å². The van der Waals surface area contributed by atoms with Crippen molar-refractivity contribution in [3.8, 4) is 11.4 Å². The second-order valence-electron chi connectivity index (χ2n) is 19.0. The highest BCUT2D eigenvalue weighted by Crippen LogP contribution is 2.59. The second-order valence-corrected chi connectivity index (χ2v) is 34.2. The Balaban J connectivity index is 0.000000121. The summed E-state index contributed by atoms with van der Waals surface area (Å²) in [5.74, 6) is -0.401. The van der Waals surface area contributed by atoms with E-state index in [2.05, 4.69) is 128 Å². The van der Waals surface area contributed by atoms with Crippen LogP contribution in [0.2, 0.25) is 0 Å². The summed E-state index contributed by atoms with van der Waals surface area (Å²) in [6, 6.07) is 37.1. The molecule has 5 aromatic carbocycles. The maximum atomic E-state index is 14.5. The Labute approximate surface area is 491 Å². The summed E-state index contributed by atoms with van der Waals surface area (Å²) in [7, 11) is 0. The third kappa shape index (κ3) is 6.25. The summed E-state index contributed by atoms with van der Waals surface area (Å²) >= 11 is 30.1. The Kier molecular flexibility index (Phi) is 9.74. The highest BCUT2D eigenvalue weighted by Gasteiger charge is 2.28. The molecule has 19 rings (SSSR count). The molecule has 19 aromatic rings. The van der Waals surface area contributed by atoms with Gasteiger partial charge < -0.3 is 9.13 Å². The van der Waals surface area contributed by atoms with E-state index in [9.17, 15) is 8.78 Å². The Morgan fingerprint density at radius 1 is 0.303 bits per heavy atom. The first kappa shape index (κ1) is 45.6. The molecule has 0 aliphatic carbocycles. The zero-order valence-electron chi connectivity index (χ0n) is 38.7. The molecule has 0 bridgehead atoms. The monoisotopic (exact) mass is 1330 g/mol. The number of halogens is 4. The van der Waals surface area contributed by atoms with E-state index < -0.39 is 0 Å². The van der Waals surface area contributed by atoms with Crippen LogP contribution >= 0.6 is 168 Å². The van der Waals surface area contributed by atoms with E-state index in [0.717, 1.165) is 26.7 Å². The maximum absolute atomic E-state index is 14.5. The van der Waals surface area contributed by atoms with Crippen LogP contribution in [-0.2, 0) is 0 Å². The lowest BCUT2D eigenvalue weighted by Gasteiger charge is -2.07. The molecule has 0 aliphatic heterocycles. The van der Waals surface area contributed by atoms with Crippen molar-refractivity contribution in [1.29, 1.82) is 0 Å². The van der Waals surface area contributed by atoms with Crippen molar-refractivity contribution in [2.45, 2.75) is 13.8 Å². The molecule has 0 fully saturated rings. The molecule has 18 heteroatoms. The number of hydrogen-bond acceptors (Lipinski definition) is 12.